The van der Waals surface area contributed by atoms with E-state index in [0.717, 1.165) is 5.57 Å². The van der Waals surface area contributed by atoms with Gasteiger partial charge in [-0.3, -0.25) is 9.59 Å². The summed E-state index contributed by atoms with van der Waals surface area (Å²) in [6.07, 6.45) is 7.90. The van der Waals surface area contributed by atoms with Gasteiger partial charge in [0.2, 0.25) is 0 Å². The maximum Gasteiger partial charge on any atom is 0.312 e. The van der Waals surface area contributed by atoms with Gasteiger partial charge in [-0.1, -0.05) is 12.2 Å². The fraction of sp³-hybridized carbons (Fsp3) is 0.571. The largest absolute Gasteiger partial charge is 0.469 e. The van der Waals surface area contributed by atoms with Crippen LogP contribution in [0.4, 0.5) is 0 Å². The molecule has 0 spiro atoms. The van der Waals surface area contributed by atoms with Gasteiger partial charge in [-0.15, -0.1) is 0 Å². The Kier molecular flexibility index (Phi) is 2.94. The molecule has 1 fully saturated rings. The molecule has 2 rings (SSSR count). The molecule has 2 aliphatic rings. The summed E-state index contributed by atoms with van der Waals surface area (Å²) in [6.45, 7) is 3.50. The Morgan fingerprint density at radius 3 is 2.53 bits per heavy atom. The number of ether oxygens (including phenoxy) is 1. The van der Waals surface area contributed by atoms with E-state index in [1.54, 1.807) is 19.9 Å². The van der Waals surface area contributed by atoms with Crippen molar-refractivity contribution < 1.29 is 14.3 Å². The summed E-state index contributed by atoms with van der Waals surface area (Å²) in [6, 6.07) is 0. The van der Waals surface area contributed by atoms with Crippen LogP contribution in [-0.4, -0.2) is 18.9 Å². The second kappa shape index (κ2) is 4.13. The number of methoxy groups -OCH3 is 1. The van der Waals surface area contributed by atoms with Crippen molar-refractivity contribution in [1.82, 2.24) is 0 Å². The Labute approximate surface area is 102 Å². The molecule has 0 aromatic rings. The number of ketones is 1. The van der Waals surface area contributed by atoms with Crippen LogP contribution in [-0.2, 0) is 14.3 Å². The van der Waals surface area contributed by atoms with Crippen LogP contribution in [0.1, 0.15) is 26.7 Å². The van der Waals surface area contributed by atoms with Crippen LogP contribution >= 0.6 is 0 Å². The third-order valence-corrected chi connectivity index (χ3v) is 3.63. The zero-order chi connectivity index (χ0) is 12.6. The summed E-state index contributed by atoms with van der Waals surface area (Å²) < 4.78 is 4.76. The molecular weight excluding hydrogens is 216 g/mol. The van der Waals surface area contributed by atoms with Crippen molar-refractivity contribution in [3.8, 4) is 0 Å². The lowest BCUT2D eigenvalue weighted by atomic mass is 9.74. The lowest BCUT2D eigenvalue weighted by Gasteiger charge is -2.29. The van der Waals surface area contributed by atoms with E-state index in [0.29, 0.717) is 5.92 Å². The first-order valence-electron chi connectivity index (χ1n) is 5.99. The van der Waals surface area contributed by atoms with Gasteiger partial charge in [0.25, 0.3) is 0 Å². The van der Waals surface area contributed by atoms with Gasteiger partial charge in [-0.25, -0.2) is 0 Å². The molecule has 0 heterocycles. The zero-order valence-electron chi connectivity index (χ0n) is 10.5. The first-order chi connectivity index (χ1) is 7.96. The van der Waals surface area contributed by atoms with Crippen LogP contribution in [0.5, 0.6) is 0 Å². The van der Waals surface area contributed by atoms with Crippen molar-refractivity contribution in [2.75, 3.05) is 7.11 Å². The SMILES string of the molecule is COC(=O)C(C)(C)C1C=CC(C2CC2)=CC1=O. The van der Waals surface area contributed by atoms with E-state index in [9.17, 15) is 9.59 Å². The Morgan fingerprint density at radius 1 is 1.41 bits per heavy atom. The summed E-state index contributed by atoms with van der Waals surface area (Å²) in [5.74, 6) is -0.164. The van der Waals surface area contributed by atoms with Gasteiger partial charge in [0, 0.05) is 0 Å². The van der Waals surface area contributed by atoms with Gasteiger partial charge in [0.05, 0.1) is 18.4 Å². The third kappa shape index (κ3) is 2.19. The monoisotopic (exact) mass is 234 g/mol. The fourth-order valence-corrected chi connectivity index (χ4v) is 2.26. The topological polar surface area (TPSA) is 43.4 Å². The van der Waals surface area contributed by atoms with Crippen molar-refractivity contribution in [2.45, 2.75) is 26.7 Å². The Bertz CT molecular complexity index is 411. The molecule has 0 saturated heterocycles. The maximum atomic E-state index is 12.1. The molecule has 0 aromatic carbocycles. The van der Waals surface area contributed by atoms with E-state index in [1.807, 2.05) is 12.2 Å². The standard InChI is InChI=1S/C14H18O3/c1-14(2,13(16)17-3)11-7-6-10(8-12(11)15)9-4-5-9/h6-9,11H,4-5H2,1-3H3. The molecule has 3 nitrogen and oxygen atoms in total. The predicted octanol–water partition coefficient (Wildman–Crippen LogP) is 2.28. The summed E-state index contributed by atoms with van der Waals surface area (Å²) >= 11 is 0. The van der Waals surface area contributed by atoms with Gasteiger partial charge in [-0.2, -0.15) is 0 Å². The van der Waals surface area contributed by atoms with Crippen molar-refractivity contribution in [1.29, 1.82) is 0 Å². The van der Waals surface area contributed by atoms with E-state index >= 15 is 0 Å². The van der Waals surface area contributed by atoms with Crippen molar-refractivity contribution >= 4 is 11.8 Å². The molecule has 2 aliphatic carbocycles. The molecule has 0 aliphatic heterocycles. The predicted molar refractivity (Wildman–Crippen MR) is 64.2 cm³/mol. The minimum absolute atomic E-state index is 0.0183. The highest BCUT2D eigenvalue weighted by Gasteiger charge is 2.41. The first kappa shape index (κ1) is 12.1. The van der Waals surface area contributed by atoms with Crippen molar-refractivity contribution in [3.05, 3.63) is 23.8 Å². The van der Waals surface area contributed by atoms with E-state index in [4.69, 9.17) is 4.74 Å². The molecule has 0 bridgehead atoms. The summed E-state index contributed by atoms with van der Waals surface area (Å²) in [5.41, 5.74) is 0.320. The van der Waals surface area contributed by atoms with Gasteiger partial charge in [0.15, 0.2) is 5.78 Å². The molecule has 1 unspecified atom stereocenters. The average Bonchev–Trinajstić information content (AvgIpc) is 3.11. The number of rotatable bonds is 3. The first-order valence-corrected chi connectivity index (χ1v) is 5.99. The fourth-order valence-electron chi connectivity index (χ4n) is 2.26. The third-order valence-electron chi connectivity index (χ3n) is 3.63. The van der Waals surface area contributed by atoms with E-state index < -0.39 is 11.3 Å². The lowest BCUT2D eigenvalue weighted by molar-refractivity contribution is -0.154. The molecule has 0 aromatic heterocycles. The van der Waals surface area contributed by atoms with Gasteiger partial charge in [-0.05, 0) is 44.3 Å². The van der Waals surface area contributed by atoms with Gasteiger partial charge < -0.3 is 4.74 Å². The number of hydrogen-bond acceptors (Lipinski definition) is 3. The minimum Gasteiger partial charge on any atom is -0.469 e. The van der Waals surface area contributed by atoms with Crippen LogP contribution in [0.3, 0.4) is 0 Å². The van der Waals surface area contributed by atoms with Crippen molar-refractivity contribution in [3.63, 3.8) is 0 Å². The molecule has 3 heteroatoms. The average molecular weight is 234 g/mol. The number of carbonyl (C=O) groups is 2. The second-order valence-electron chi connectivity index (χ2n) is 5.37. The van der Waals surface area contributed by atoms with Crippen molar-refractivity contribution in [2.24, 2.45) is 17.3 Å². The van der Waals surface area contributed by atoms with E-state index in [2.05, 4.69) is 0 Å². The normalized spacial score (nSPS) is 24.5. The summed E-state index contributed by atoms with van der Waals surface area (Å²) in [5, 5.41) is 0. The highest BCUT2D eigenvalue weighted by atomic mass is 16.5. The molecule has 0 N–H and O–H groups in total. The Hall–Kier alpha value is -1.38. The molecule has 1 atom stereocenters. The van der Waals surface area contributed by atoms with Crippen LogP contribution in [0.15, 0.2) is 23.8 Å². The maximum absolute atomic E-state index is 12.1. The Morgan fingerprint density at radius 2 is 2.06 bits per heavy atom. The molecule has 0 amide bonds. The number of carbonyl (C=O) groups excluding carboxylic acids is 2. The molecule has 1 saturated carbocycles. The van der Waals surface area contributed by atoms with Crippen LogP contribution in [0.25, 0.3) is 0 Å². The molecule has 0 radical (unpaired) electrons. The Balaban J connectivity index is 2.17. The van der Waals surface area contributed by atoms with E-state index in [1.165, 1.54) is 20.0 Å². The van der Waals surface area contributed by atoms with E-state index in [-0.39, 0.29) is 11.8 Å². The van der Waals surface area contributed by atoms with Gasteiger partial charge >= 0.3 is 5.97 Å². The second-order valence-corrected chi connectivity index (χ2v) is 5.37. The quantitative estimate of drug-likeness (QED) is 0.704. The summed E-state index contributed by atoms with van der Waals surface area (Å²) in [7, 11) is 1.35. The van der Waals surface area contributed by atoms with Crippen LogP contribution < -0.4 is 0 Å². The molecule has 17 heavy (non-hydrogen) atoms. The highest BCUT2D eigenvalue weighted by Crippen LogP contribution is 2.41. The smallest absolute Gasteiger partial charge is 0.312 e. The number of hydrogen-bond donors (Lipinski definition) is 0. The molecule has 92 valence electrons. The number of esters is 1. The highest BCUT2D eigenvalue weighted by molar-refractivity contribution is 5.99. The van der Waals surface area contributed by atoms with Crippen LogP contribution in [0.2, 0.25) is 0 Å². The van der Waals surface area contributed by atoms with Crippen LogP contribution in [0, 0.1) is 17.3 Å². The van der Waals surface area contributed by atoms with Gasteiger partial charge in [0.1, 0.15) is 0 Å². The number of allylic oxidation sites excluding steroid dienone is 4. The minimum atomic E-state index is -0.798. The zero-order valence-corrected chi connectivity index (χ0v) is 10.5. The lowest BCUT2D eigenvalue weighted by Crippen LogP contribution is -2.38. The molecular formula is C14H18O3. The summed E-state index contributed by atoms with van der Waals surface area (Å²) in [4.78, 5) is 23.7.